The number of nitrogens with one attached hydrogen (secondary N) is 1. The van der Waals surface area contributed by atoms with Crippen LogP contribution in [0.1, 0.15) is 31.1 Å². The summed E-state index contributed by atoms with van der Waals surface area (Å²) in [6, 6.07) is 14.3. The molecule has 1 fully saturated rings. The van der Waals surface area contributed by atoms with Gasteiger partial charge in [0.15, 0.2) is 0 Å². The molecule has 0 atom stereocenters. The second-order valence-corrected chi connectivity index (χ2v) is 9.02. The van der Waals surface area contributed by atoms with Gasteiger partial charge in [-0.15, -0.1) is 0 Å². The van der Waals surface area contributed by atoms with Crippen LogP contribution in [0.2, 0.25) is 5.02 Å². The van der Waals surface area contributed by atoms with Gasteiger partial charge < -0.3 is 14.4 Å². The van der Waals surface area contributed by atoms with Gasteiger partial charge in [-0.05, 0) is 57.2 Å². The van der Waals surface area contributed by atoms with E-state index in [0.29, 0.717) is 41.7 Å². The van der Waals surface area contributed by atoms with E-state index in [1.165, 1.54) is 0 Å². The fraction of sp³-hybridized carbons (Fsp3) is 0.417. The van der Waals surface area contributed by atoms with Crippen LogP contribution in [0.5, 0.6) is 5.75 Å². The molecule has 2 amide bonds. The van der Waals surface area contributed by atoms with Crippen LogP contribution in [0.3, 0.4) is 0 Å². The highest BCUT2D eigenvalue weighted by atomic mass is 35.5. The van der Waals surface area contributed by atoms with Gasteiger partial charge in [0, 0.05) is 44.0 Å². The molecule has 8 heteroatoms. The number of piperazine rings is 1. The average Bonchev–Trinajstić information content (AvgIpc) is 2.74. The van der Waals surface area contributed by atoms with Crippen LogP contribution in [0.4, 0.5) is 10.5 Å². The van der Waals surface area contributed by atoms with Crippen LogP contribution in [-0.2, 0) is 4.74 Å². The number of rotatable bonds is 6. The van der Waals surface area contributed by atoms with Gasteiger partial charge in [0.05, 0.1) is 5.02 Å². The highest BCUT2D eigenvalue weighted by Gasteiger charge is 2.22. The predicted octanol–water partition coefficient (Wildman–Crippen LogP) is 4.52. The number of carbonyl (C=O) groups is 2. The van der Waals surface area contributed by atoms with Crippen LogP contribution in [-0.4, -0.2) is 66.7 Å². The van der Waals surface area contributed by atoms with E-state index in [2.05, 4.69) is 10.2 Å². The van der Waals surface area contributed by atoms with E-state index < -0.39 is 11.7 Å². The third kappa shape index (κ3) is 7.14. The summed E-state index contributed by atoms with van der Waals surface area (Å²) in [5.74, 6) is 0.674. The number of anilines is 1. The molecule has 1 aliphatic heterocycles. The molecule has 0 radical (unpaired) electrons. The zero-order chi connectivity index (χ0) is 23.1. The molecule has 1 aliphatic rings. The van der Waals surface area contributed by atoms with Crippen molar-refractivity contribution < 1.29 is 19.1 Å². The topological polar surface area (TPSA) is 71.1 Å². The first-order valence-corrected chi connectivity index (χ1v) is 11.1. The predicted molar refractivity (Wildman–Crippen MR) is 126 cm³/mol. The number of carbonyl (C=O) groups excluding carboxylic acids is 2. The Labute approximate surface area is 194 Å². The molecule has 0 aliphatic carbocycles. The van der Waals surface area contributed by atoms with E-state index in [1.807, 2.05) is 23.1 Å². The van der Waals surface area contributed by atoms with Gasteiger partial charge in [-0.3, -0.25) is 15.0 Å². The Balaban J connectivity index is 1.42. The van der Waals surface area contributed by atoms with Crippen LogP contribution in [0.25, 0.3) is 0 Å². The van der Waals surface area contributed by atoms with Crippen molar-refractivity contribution >= 4 is 29.3 Å². The smallest absolute Gasteiger partial charge is 0.412 e. The lowest BCUT2D eigenvalue weighted by Gasteiger charge is -2.34. The number of nitrogens with zero attached hydrogens (tertiary/aromatic N) is 2. The first kappa shape index (κ1) is 23.9. The molecule has 32 heavy (non-hydrogen) atoms. The van der Waals surface area contributed by atoms with E-state index in [1.54, 1.807) is 51.1 Å². The summed E-state index contributed by atoms with van der Waals surface area (Å²) >= 11 is 6.11. The Morgan fingerprint density at radius 3 is 2.28 bits per heavy atom. The molecule has 0 bridgehead atoms. The molecular formula is C24H30ClN3O4. The fourth-order valence-corrected chi connectivity index (χ4v) is 3.51. The van der Waals surface area contributed by atoms with E-state index in [4.69, 9.17) is 21.1 Å². The maximum absolute atomic E-state index is 12.8. The normalized spacial score (nSPS) is 14.7. The SMILES string of the molecule is CC(C)(C)OC(=O)Nc1ccc(C(=O)N2CCN(CCOc3ccccc3Cl)CC2)cc1. The molecule has 0 saturated carbocycles. The quantitative estimate of drug-likeness (QED) is 0.687. The van der Waals surface area contributed by atoms with Crippen LogP contribution >= 0.6 is 11.6 Å². The number of para-hydroxylation sites is 1. The number of hydrogen-bond acceptors (Lipinski definition) is 5. The van der Waals surface area contributed by atoms with Crippen molar-refractivity contribution in [3.63, 3.8) is 0 Å². The molecule has 1 saturated heterocycles. The first-order chi connectivity index (χ1) is 15.2. The Morgan fingerprint density at radius 2 is 1.66 bits per heavy atom. The zero-order valence-electron chi connectivity index (χ0n) is 18.8. The maximum Gasteiger partial charge on any atom is 0.412 e. The molecule has 1 heterocycles. The Morgan fingerprint density at radius 1 is 1.00 bits per heavy atom. The highest BCUT2D eigenvalue weighted by Crippen LogP contribution is 2.23. The molecule has 3 rings (SSSR count). The van der Waals surface area contributed by atoms with E-state index >= 15 is 0 Å². The van der Waals surface area contributed by atoms with E-state index in [9.17, 15) is 9.59 Å². The van der Waals surface area contributed by atoms with Crippen molar-refractivity contribution in [3.05, 3.63) is 59.1 Å². The number of amides is 2. The maximum atomic E-state index is 12.8. The van der Waals surface area contributed by atoms with Crippen LogP contribution in [0.15, 0.2) is 48.5 Å². The second-order valence-electron chi connectivity index (χ2n) is 8.62. The van der Waals surface area contributed by atoms with Gasteiger partial charge in [-0.25, -0.2) is 4.79 Å². The van der Waals surface area contributed by atoms with Gasteiger partial charge >= 0.3 is 6.09 Å². The summed E-state index contributed by atoms with van der Waals surface area (Å²) < 4.78 is 11.0. The third-order valence-electron chi connectivity index (χ3n) is 4.94. The minimum absolute atomic E-state index is 0.0132. The van der Waals surface area contributed by atoms with Crippen molar-refractivity contribution in [2.45, 2.75) is 26.4 Å². The molecule has 0 spiro atoms. The molecule has 2 aromatic rings. The minimum Gasteiger partial charge on any atom is -0.491 e. The molecule has 1 N–H and O–H groups in total. The number of benzene rings is 2. The monoisotopic (exact) mass is 459 g/mol. The Kier molecular flexibility index (Phi) is 7.99. The van der Waals surface area contributed by atoms with Crippen molar-refractivity contribution in [2.24, 2.45) is 0 Å². The summed E-state index contributed by atoms with van der Waals surface area (Å²) in [6.07, 6.45) is -0.522. The summed E-state index contributed by atoms with van der Waals surface area (Å²) in [5.41, 5.74) is 0.609. The second kappa shape index (κ2) is 10.7. The molecule has 0 aromatic heterocycles. The van der Waals surface area contributed by atoms with Crippen LogP contribution < -0.4 is 10.1 Å². The standard InChI is InChI=1S/C24H30ClN3O4/c1-24(2,3)32-23(30)26-19-10-8-18(9-11-19)22(29)28-14-12-27(13-15-28)16-17-31-21-7-5-4-6-20(21)25/h4-11H,12-17H2,1-3H3,(H,26,30). The van der Waals surface area contributed by atoms with Gasteiger partial charge in [0.2, 0.25) is 0 Å². The first-order valence-electron chi connectivity index (χ1n) is 10.7. The van der Waals surface area contributed by atoms with Crippen molar-refractivity contribution in [1.29, 1.82) is 0 Å². The lowest BCUT2D eigenvalue weighted by Crippen LogP contribution is -2.49. The number of halogens is 1. The zero-order valence-corrected chi connectivity index (χ0v) is 19.5. The molecule has 2 aromatic carbocycles. The lowest BCUT2D eigenvalue weighted by molar-refractivity contribution is 0.0617. The molecule has 172 valence electrons. The van der Waals surface area contributed by atoms with Gasteiger partial charge in [-0.2, -0.15) is 0 Å². The summed E-state index contributed by atoms with van der Waals surface area (Å²) in [6.45, 7) is 9.62. The van der Waals surface area contributed by atoms with Crippen molar-refractivity contribution in [2.75, 3.05) is 44.6 Å². The average molecular weight is 460 g/mol. The number of ether oxygens (including phenoxy) is 2. The van der Waals surface area contributed by atoms with E-state index in [-0.39, 0.29) is 5.91 Å². The largest absolute Gasteiger partial charge is 0.491 e. The summed E-state index contributed by atoms with van der Waals surface area (Å²) in [7, 11) is 0. The minimum atomic E-state index is -0.567. The van der Waals surface area contributed by atoms with Gasteiger partial charge in [-0.1, -0.05) is 23.7 Å². The molecular weight excluding hydrogens is 430 g/mol. The summed E-state index contributed by atoms with van der Waals surface area (Å²) in [4.78, 5) is 28.8. The van der Waals surface area contributed by atoms with Crippen molar-refractivity contribution in [3.8, 4) is 5.75 Å². The van der Waals surface area contributed by atoms with E-state index in [0.717, 1.165) is 19.6 Å². The summed E-state index contributed by atoms with van der Waals surface area (Å²) in [5, 5.41) is 3.28. The Bertz CT molecular complexity index is 920. The lowest BCUT2D eigenvalue weighted by atomic mass is 10.1. The molecule has 7 nitrogen and oxygen atoms in total. The van der Waals surface area contributed by atoms with Gasteiger partial charge in [0.25, 0.3) is 5.91 Å². The fourth-order valence-electron chi connectivity index (χ4n) is 3.32. The van der Waals surface area contributed by atoms with Crippen molar-refractivity contribution in [1.82, 2.24) is 9.80 Å². The van der Waals surface area contributed by atoms with Crippen LogP contribution in [0, 0.1) is 0 Å². The molecule has 0 unspecified atom stereocenters. The third-order valence-corrected chi connectivity index (χ3v) is 5.25. The highest BCUT2D eigenvalue weighted by molar-refractivity contribution is 6.32. The Hall–Kier alpha value is -2.77. The van der Waals surface area contributed by atoms with Gasteiger partial charge in [0.1, 0.15) is 18.0 Å². The number of hydrogen-bond donors (Lipinski definition) is 1.